The first-order chi connectivity index (χ1) is 5.22. The smallest absolute Gasteiger partial charge is 0.162 e. The van der Waals surface area contributed by atoms with E-state index < -0.39 is 6.10 Å². The summed E-state index contributed by atoms with van der Waals surface area (Å²) in [4.78, 5) is 10.7. The third kappa shape index (κ3) is 1.88. The first-order valence-electron chi connectivity index (χ1n) is 3.45. The Morgan fingerprint density at radius 3 is 2.36 bits per heavy atom. The topological polar surface area (TPSA) is 37.3 Å². The first-order valence-corrected chi connectivity index (χ1v) is 3.45. The molecule has 1 aromatic carbocycles. The van der Waals surface area contributed by atoms with Crippen molar-refractivity contribution in [3.63, 3.8) is 0 Å². The van der Waals surface area contributed by atoms with Gasteiger partial charge in [-0.1, -0.05) is 30.3 Å². The molecule has 0 unspecified atom stereocenters. The molecule has 0 aliphatic heterocycles. The molecule has 1 N–H and O–H groups in total. The average molecular weight is 150 g/mol. The average Bonchev–Trinajstić information content (AvgIpc) is 2.05. The molecule has 0 aromatic heterocycles. The van der Waals surface area contributed by atoms with Gasteiger partial charge >= 0.3 is 0 Å². The minimum Gasteiger partial charge on any atom is -0.381 e. The van der Waals surface area contributed by atoms with Crippen LogP contribution in [0.5, 0.6) is 0 Å². The molecule has 11 heavy (non-hydrogen) atoms. The van der Waals surface area contributed by atoms with E-state index >= 15 is 0 Å². The van der Waals surface area contributed by atoms with Gasteiger partial charge in [0.05, 0.1) is 0 Å². The van der Waals surface area contributed by atoms with Gasteiger partial charge in [-0.3, -0.25) is 4.79 Å². The van der Waals surface area contributed by atoms with E-state index in [4.69, 9.17) is 0 Å². The summed E-state index contributed by atoms with van der Waals surface area (Å²) in [5, 5.41) is 9.25. The number of aliphatic hydroxyl groups excluding tert-OH is 1. The molecule has 0 saturated carbocycles. The lowest BCUT2D eigenvalue weighted by atomic mass is 10.1. The van der Waals surface area contributed by atoms with Gasteiger partial charge in [-0.05, 0) is 12.5 Å². The number of carbonyl (C=O) groups is 1. The predicted molar refractivity (Wildman–Crippen MR) is 42.1 cm³/mol. The maximum Gasteiger partial charge on any atom is 0.162 e. The highest BCUT2D eigenvalue weighted by Gasteiger charge is 2.10. The Balaban J connectivity index is 2.85. The van der Waals surface area contributed by atoms with Crippen molar-refractivity contribution in [2.75, 3.05) is 0 Å². The van der Waals surface area contributed by atoms with Crippen LogP contribution in [-0.4, -0.2) is 10.9 Å². The SMILES string of the molecule is CC(=O)[C@@H](O)c1ccccc1. The summed E-state index contributed by atoms with van der Waals surface area (Å²) < 4.78 is 0. The summed E-state index contributed by atoms with van der Waals surface area (Å²) in [5.41, 5.74) is 0.653. The number of ketones is 1. The molecule has 0 aliphatic carbocycles. The summed E-state index contributed by atoms with van der Waals surface area (Å²) in [5.74, 6) is -0.226. The van der Waals surface area contributed by atoms with Crippen LogP contribution in [-0.2, 0) is 4.79 Å². The van der Waals surface area contributed by atoms with Crippen LogP contribution < -0.4 is 0 Å². The molecule has 0 aliphatic rings. The van der Waals surface area contributed by atoms with Crippen LogP contribution in [0, 0.1) is 0 Å². The molecule has 0 saturated heterocycles. The summed E-state index contributed by atoms with van der Waals surface area (Å²) >= 11 is 0. The number of benzene rings is 1. The van der Waals surface area contributed by atoms with Crippen molar-refractivity contribution in [1.29, 1.82) is 0 Å². The maximum atomic E-state index is 10.7. The number of Topliss-reactive ketones (excluding diaryl/α,β-unsaturated/α-hetero) is 1. The van der Waals surface area contributed by atoms with Crippen molar-refractivity contribution in [1.82, 2.24) is 0 Å². The third-order valence-electron chi connectivity index (χ3n) is 1.50. The van der Waals surface area contributed by atoms with Gasteiger partial charge in [-0.25, -0.2) is 0 Å². The second kappa shape index (κ2) is 3.30. The molecule has 0 bridgehead atoms. The van der Waals surface area contributed by atoms with Gasteiger partial charge in [0.1, 0.15) is 6.10 Å². The van der Waals surface area contributed by atoms with Gasteiger partial charge < -0.3 is 5.11 Å². The molecule has 0 spiro atoms. The number of hydrogen-bond acceptors (Lipinski definition) is 2. The second-order valence-electron chi connectivity index (χ2n) is 2.42. The lowest BCUT2D eigenvalue weighted by Gasteiger charge is -2.04. The minimum atomic E-state index is -0.962. The number of rotatable bonds is 2. The van der Waals surface area contributed by atoms with Gasteiger partial charge in [0, 0.05) is 0 Å². The monoisotopic (exact) mass is 150 g/mol. The van der Waals surface area contributed by atoms with Crippen LogP contribution in [0.15, 0.2) is 30.3 Å². The number of aliphatic hydroxyl groups is 1. The molecule has 0 fully saturated rings. The summed E-state index contributed by atoms with van der Waals surface area (Å²) in [7, 11) is 0. The third-order valence-corrected chi connectivity index (χ3v) is 1.50. The molecule has 0 amide bonds. The molecule has 0 radical (unpaired) electrons. The molecule has 1 aromatic rings. The van der Waals surface area contributed by atoms with Crippen molar-refractivity contribution in [3.05, 3.63) is 35.9 Å². The van der Waals surface area contributed by atoms with Crippen LogP contribution in [0.25, 0.3) is 0 Å². The van der Waals surface area contributed by atoms with Crippen molar-refractivity contribution < 1.29 is 9.90 Å². The Hall–Kier alpha value is -1.15. The highest BCUT2D eigenvalue weighted by molar-refractivity contribution is 5.81. The molecule has 58 valence electrons. The van der Waals surface area contributed by atoms with E-state index in [1.165, 1.54) is 6.92 Å². The summed E-state index contributed by atoms with van der Waals surface area (Å²) in [6.45, 7) is 1.37. The fraction of sp³-hybridized carbons (Fsp3) is 0.222. The first kappa shape index (κ1) is 7.95. The molecule has 2 nitrogen and oxygen atoms in total. The predicted octanol–water partition coefficient (Wildman–Crippen LogP) is 1.31. The molecule has 0 heterocycles. The van der Waals surface area contributed by atoms with Crippen LogP contribution in [0.4, 0.5) is 0 Å². The Labute approximate surface area is 65.5 Å². The van der Waals surface area contributed by atoms with E-state index in [-0.39, 0.29) is 5.78 Å². The molecular formula is C9H10O2. The molecule has 1 rings (SSSR count). The molecule has 1 atom stereocenters. The van der Waals surface area contributed by atoms with Gasteiger partial charge in [0.2, 0.25) is 0 Å². The fourth-order valence-corrected chi connectivity index (χ4v) is 0.870. The van der Waals surface area contributed by atoms with Gasteiger partial charge in [0.15, 0.2) is 5.78 Å². The van der Waals surface area contributed by atoms with E-state index in [1.54, 1.807) is 24.3 Å². The fourth-order valence-electron chi connectivity index (χ4n) is 0.870. The van der Waals surface area contributed by atoms with E-state index in [0.717, 1.165) is 0 Å². The van der Waals surface area contributed by atoms with E-state index in [9.17, 15) is 9.90 Å². The van der Waals surface area contributed by atoms with Gasteiger partial charge in [-0.15, -0.1) is 0 Å². The Morgan fingerprint density at radius 2 is 1.91 bits per heavy atom. The maximum absolute atomic E-state index is 10.7. The van der Waals surface area contributed by atoms with Crippen molar-refractivity contribution >= 4 is 5.78 Å². The Bertz CT molecular complexity index is 241. The highest BCUT2D eigenvalue weighted by Crippen LogP contribution is 2.11. The van der Waals surface area contributed by atoms with Crippen LogP contribution >= 0.6 is 0 Å². The highest BCUT2D eigenvalue weighted by atomic mass is 16.3. The standard InChI is InChI=1S/C9H10O2/c1-7(10)9(11)8-5-3-2-4-6-8/h2-6,9,11H,1H3/t9-/m1/s1. The normalized spacial score (nSPS) is 12.5. The zero-order valence-corrected chi connectivity index (χ0v) is 6.32. The zero-order chi connectivity index (χ0) is 8.27. The van der Waals surface area contributed by atoms with Crippen molar-refractivity contribution in [2.45, 2.75) is 13.0 Å². The van der Waals surface area contributed by atoms with E-state index in [0.29, 0.717) is 5.56 Å². The quantitative estimate of drug-likeness (QED) is 0.690. The Kier molecular flexibility index (Phi) is 2.39. The van der Waals surface area contributed by atoms with E-state index in [1.807, 2.05) is 6.07 Å². The lowest BCUT2D eigenvalue weighted by Crippen LogP contribution is -2.06. The minimum absolute atomic E-state index is 0.226. The lowest BCUT2D eigenvalue weighted by molar-refractivity contribution is -0.125. The van der Waals surface area contributed by atoms with Crippen LogP contribution in [0.3, 0.4) is 0 Å². The number of hydrogen-bond donors (Lipinski definition) is 1. The van der Waals surface area contributed by atoms with Crippen LogP contribution in [0.1, 0.15) is 18.6 Å². The van der Waals surface area contributed by atoms with Crippen LogP contribution in [0.2, 0.25) is 0 Å². The van der Waals surface area contributed by atoms with Gasteiger partial charge in [0.25, 0.3) is 0 Å². The molecular weight excluding hydrogens is 140 g/mol. The number of carbonyl (C=O) groups excluding carboxylic acids is 1. The largest absolute Gasteiger partial charge is 0.381 e. The second-order valence-corrected chi connectivity index (χ2v) is 2.42. The summed E-state index contributed by atoms with van der Waals surface area (Å²) in [6, 6.07) is 8.89. The van der Waals surface area contributed by atoms with Crippen molar-refractivity contribution in [3.8, 4) is 0 Å². The van der Waals surface area contributed by atoms with E-state index in [2.05, 4.69) is 0 Å². The Morgan fingerprint density at radius 1 is 1.36 bits per heavy atom. The molecule has 2 heteroatoms. The van der Waals surface area contributed by atoms with Gasteiger partial charge in [-0.2, -0.15) is 0 Å². The summed E-state index contributed by atoms with van der Waals surface area (Å²) in [6.07, 6.45) is -0.962. The van der Waals surface area contributed by atoms with Crippen molar-refractivity contribution in [2.24, 2.45) is 0 Å². The zero-order valence-electron chi connectivity index (χ0n) is 6.32.